The molecule has 0 aromatic rings. The van der Waals surface area contributed by atoms with Crippen LogP contribution in [0.25, 0.3) is 0 Å². The van der Waals surface area contributed by atoms with Gasteiger partial charge in [0.2, 0.25) is 0 Å². The van der Waals surface area contributed by atoms with Gasteiger partial charge in [-0.2, -0.15) is 0 Å². The molecule has 0 aliphatic heterocycles. The second-order valence-electron chi connectivity index (χ2n) is 2.07. The summed E-state index contributed by atoms with van der Waals surface area (Å²) >= 11 is 16.5. The first-order valence-corrected chi connectivity index (χ1v) is 4.25. The van der Waals surface area contributed by atoms with Crippen molar-refractivity contribution in [1.82, 2.24) is 0 Å². The summed E-state index contributed by atoms with van der Waals surface area (Å²) in [7, 11) is 1.66. The molecule has 0 aromatic heterocycles. The van der Waals surface area contributed by atoms with Crippen molar-refractivity contribution >= 4 is 34.8 Å². The van der Waals surface area contributed by atoms with Gasteiger partial charge in [0, 0.05) is 13.7 Å². The largest absolute Gasteiger partial charge is 0.385 e. The smallest absolute Gasteiger partial charge is 0.190 e. The van der Waals surface area contributed by atoms with E-state index in [-0.39, 0.29) is 0 Å². The zero-order chi connectivity index (χ0) is 8.04. The van der Waals surface area contributed by atoms with Crippen LogP contribution in [0.3, 0.4) is 0 Å². The van der Waals surface area contributed by atoms with Gasteiger partial charge in [0.25, 0.3) is 0 Å². The number of alkyl halides is 3. The van der Waals surface area contributed by atoms with Crippen LogP contribution in [0.5, 0.6) is 0 Å². The third-order valence-corrected chi connectivity index (χ3v) is 1.63. The summed E-state index contributed by atoms with van der Waals surface area (Å²) in [5, 5.41) is 0. The zero-order valence-electron chi connectivity index (χ0n) is 5.87. The van der Waals surface area contributed by atoms with E-state index in [0.29, 0.717) is 6.42 Å². The lowest BCUT2D eigenvalue weighted by Crippen LogP contribution is -2.01. The van der Waals surface area contributed by atoms with Crippen LogP contribution in [0.4, 0.5) is 0 Å². The molecular weight excluding hydrogens is 194 g/mol. The van der Waals surface area contributed by atoms with E-state index < -0.39 is 3.79 Å². The van der Waals surface area contributed by atoms with Gasteiger partial charge in [0.15, 0.2) is 3.79 Å². The molecule has 10 heavy (non-hydrogen) atoms. The predicted octanol–water partition coefficient (Wildman–Crippen LogP) is 3.17. The maximum atomic E-state index is 5.50. The summed E-state index contributed by atoms with van der Waals surface area (Å²) in [6.07, 6.45) is 2.44. The molecule has 0 fully saturated rings. The number of halogens is 3. The van der Waals surface area contributed by atoms with Crippen molar-refractivity contribution in [3.63, 3.8) is 0 Å². The molecule has 0 amide bonds. The molecule has 0 heterocycles. The highest BCUT2D eigenvalue weighted by molar-refractivity contribution is 6.67. The number of unbranched alkanes of at least 4 members (excludes halogenated alkanes) is 1. The lowest BCUT2D eigenvalue weighted by molar-refractivity contribution is 0.192. The Kier molecular flexibility index (Phi) is 5.93. The molecule has 0 radical (unpaired) electrons. The molecule has 1 nitrogen and oxygen atoms in total. The normalized spacial score (nSPS) is 12.0. The van der Waals surface area contributed by atoms with E-state index >= 15 is 0 Å². The quantitative estimate of drug-likeness (QED) is 0.506. The van der Waals surface area contributed by atoms with E-state index in [1.54, 1.807) is 7.11 Å². The molecule has 0 aliphatic rings. The van der Waals surface area contributed by atoms with Crippen molar-refractivity contribution in [2.45, 2.75) is 23.1 Å². The molecule has 0 unspecified atom stereocenters. The zero-order valence-corrected chi connectivity index (χ0v) is 8.14. The Hall–Kier alpha value is 0.830. The highest BCUT2D eigenvalue weighted by Crippen LogP contribution is 2.31. The van der Waals surface area contributed by atoms with Gasteiger partial charge in [-0.05, 0) is 19.3 Å². The maximum Gasteiger partial charge on any atom is 0.190 e. The van der Waals surface area contributed by atoms with Crippen molar-refractivity contribution in [3.8, 4) is 0 Å². The minimum atomic E-state index is -1.09. The first-order chi connectivity index (χ1) is 4.56. The van der Waals surface area contributed by atoms with Crippen LogP contribution in [0.15, 0.2) is 0 Å². The molecule has 0 saturated carbocycles. The van der Waals surface area contributed by atoms with E-state index in [4.69, 9.17) is 39.5 Å². The molecule has 0 N–H and O–H groups in total. The average Bonchev–Trinajstić information content (AvgIpc) is 1.78. The molecule has 0 atom stereocenters. The van der Waals surface area contributed by atoms with Gasteiger partial charge in [-0.25, -0.2) is 0 Å². The van der Waals surface area contributed by atoms with Gasteiger partial charge in [-0.3, -0.25) is 0 Å². The molecular formula is C6H11Cl3O. The lowest BCUT2D eigenvalue weighted by Gasteiger charge is -2.08. The summed E-state index contributed by atoms with van der Waals surface area (Å²) in [5.74, 6) is 0. The van der Waals surface area contributed by atoms with Crippen LogP contribution in [0.1, 0.15) is 19.3 Å². The second-order valence-corrected chi connectivity index (χ2v) is 4.58. The molecule has 62 valence electrons. The van der Waals surface area contributed by atoms with Crippen molar-refractivity contribution in [3.05, 3.63) is 0 Å². The number of ether oxygens (including phenoxy) is 1. The highest BCUT2D eigenvalue weighted by Gasteiger charge is 2.17. The maximum absolute atomic E-state index is 5.50. The van der Waals surface area contributed by atoms with Gasteiger partial charge >= 0.3 is 0 Å². The molecule has 4 heteroatoms. The van der Waals surface area contributed by atoms with Crippen LogP contribution in [0, 0.1) is 0 Å². The van der Waals surface area contributed by atoms with E-state index in [2.05, 4.69) is 0 Å². The number of hydrogen-bond acceptors (Lipinski definition) is 1. The van der Waals surface area contributed by atoms with Crippen molar-refractivity contribution in [2.75, 3.05) is 13.7 Å². The van der Waals surface area contributed by atoms with Crippen LogP contribution in [-0.4, -0.2) is 17.5 Å². The molecule has 0 rings (SSSR count). The van der Waals surface area contributed by atoms with Gasteiger partial charge in [-0.1, -0.05) is 34.8 Å². The standard InChI is InChI=1S/C6H11Cl3O/c1-10-5-3-2-4-6(7,8)9/h2-5H2,1H3. The fraction of sp³-hybridized carbons (Fsp3) is 1.00. The first kappa shape index (κ1) is 10.8. The second kappa shape index (κ2) is 5.48. The molecule has 0 aliphatic carbocycles. The van der Waals surface area contributed by atoms with Gasteiger partial charge in [-0.15, -0.1) is 0 Å². The summed E-state index contributed by atoms with van der Waals surface area (Å²) in [6.45, 7) is 0.737. The Labute approximate surface area is 76.6 Å². The van der Waals surface area contributed by atoms with Crippen molar-refractivity contribution < 1.29 is 4.74 Å². The fourth-order valence-electron chi connectivity index (χ4n) is 0.572. The number of hydrogen-bond donors (Lipinski definition) is 0. The van der Waals surface area contributed by atoms with E-state index in [9.17, 15) is 0 Å². The monoisotopic (exact) mass is 204 g/mol. The van der Waals surface area contributed by atoms with Gasteiger partial charge in [0.1, 0.15) is 0 Å². The third kappa shape index (κ3) is 8.83. The summed E-state index contributed by atoms with van der Waals surface area (Å²) in [4.78, 5) is 0. The summed E-state index contributed by atoms with van der Waals surface area (Å²) in [6, 6.07) is 0. The summed E-state index contributed by atoms with van der Waals surface area (Å²) < 4.78 is 3.74. The van der Waals surface area contributed by atoms with Crippen LogP contribution < -0.4 is 0 Å². The highest BCUT2D eigenvalue weighted by atomic mass is 35.6. The van der Waals surface area contributed by atoms with Crippen molar-refractivity contribution in [1.29, 1.82) is 0 Å². The van der Waals surface area contributed by atoms with E-state index in [1.807, 2.05) is 0 Å². The third-order valence-electron chi connectivity index (χ3n) is 1.06. The SMILES string of the molecule is COCCCCC(Cl)(Cl)Cl. The van der Waals surface area contributed by atoms with Gasteiger partial charge < -0.3 is 4.74 Å². The summed E-state index contributed by atoms with van der Waals surface area (Å²) in [5.41, 5.74) is 0. The fourth-order valence-corrected chi connectivity index (χ4v) is 0.973. The number of methoxy groups -OCH3 is 1. The molecule has 0 bridgehead atoms. The Balaban J connectivity index is 3.04. The molecule has 0 aromatic carbocycles. The van der Waals surface area contributed by atoms with Crippen LogP contribution >= 0.6 is 34.8 Å². The Morgan fingerprint density at radius 2 is 1.80 bits per heavy atom. The Morgan fingerprint density at radius 3 is 2.20 bits per heavy atom. The van der Waals surface area contributed by atoms with Gasteiger partial charge in [0.05, 0.1) is 0 Å². The predicted molar refractivity (Wildman–Crippen MR) is 46.0 cm³/mol. The minimum Gasteiger partial charge on any atom is -0.385 e. The van der Waals surface area contributed by atoms with E-state index in [1.165, 1.54) is 0 Å². The van der Waals surface area contributed by atoms with E-state index in [0.717, 1.165) is 19.4 Å². The Bertz CT molecular complexity index is 79.6. The lowest BCUT2D eigenvalue weighted by atomic mass is 10.3. The molecule has 0 spiro atoms. The average molecular weight is 206 g/mol. The minimum absolute atomic E-state index is 0.598. The molecule has 0 saturated heterocycles. The number of rotatable bonds is 4. The van der Waals surface area contributed by atoms with Crippen LogP contribution in [-0.2, 0) is 4.74 Å². The topological polar surface area (TPSA) is 9.23 Å². The first-order valence-electron chi connectivity index (χ1n) is 3.12. The Morgan fingerprint density at radius 1 is 1.20 bits per heavy atom. The van der Waals surface area contributed by atoms with Crippen LogP contribution in [0.2, 0.25) is 0 Å². The van der Waals surface area contributed by atoms with Crippen molar-refractivity contribution in [2.24, 2.45) is 0 Å².